The lowest BCUT2D eigenvalue weighted by atomic mass is 10.0. The van der Waals surface area contributed by atoms with Gasteiger partial charge in [0.2, 0.25) is 5.91 Å². The second-order valence-electron chi connectivity index (χ2n) is 13.2. The minimum Gasteiger partial charge on any atom is -0.412 e. The quantitative estimate of drug-likeness (QED) is 0.177. The molecule has 306 valence electrons. The van der Waals surface area contributed by atoms with Gasteiger partial charge < -0.3 is 16.3 Å². The van der Waals surface area contributed by atoms with E-state index >= 15 is 0 Å². The molecule has 2 aromatic carbocycles. The van der Waals surface area contributed by atoms with Gasteiger partial charge in [-0.3, -0.25) is 24.7 Å². The first kappa shape index (κ1) is 47.3. The maximum absolute atomic E-state index is 11.6. The van der Waals surface area contributed by atoms with Crippen molar-refractivity contribution in [3.63, 3.8) is 0 Å². The van der Waals surface area contributed by atoms with Crippen molar-refractivity contribution in [1.29, 1.82) is 0 Å². The minimum absolute atomic E-state index is 0. The van der Waals surface area contributed by atoms with Gasteiger partial charge in [0.1, 0.15) is 0 Å². The van der Waals surface area contributed by atoms with E-state index in [0.717, 1.165) is 82.0 Å². The van der Waals surface area contributed by atoms with Gasteiger partial charge in [0, 0.05) is 83.9 Å². The van der Waals surface area contributed by atoms with Crippen LogP contribution >= 0.6 is 23.2 Å². The van der Waals surface area contributed by atoms with Crippen LogP contribution in [0.4, 0.5) is 0 Å². The Morgan fingerprint density at radius 3 is 1.29 bits per heavy atom. The normalized spacial score (nSPS) is 12.5. The number of halogens is 2. The summed E-state index contributed by atoms with van der Waals surface area (Å²) in [7, 11) is -6.46. The van der Waals surface area contributed by atoms with Crippen LogP contribution in [0.2, 0.25) is 10.0 Å². The Morgan fingerprint density at radius 1 is 0.534 bits per heavy atom. The molecular formula is C42H45Cl2N5O7S2. The van der Waals surface area contributed by atoms with Gasteiger partial charge >= 0.3 is 0 Å². The van der Waals surface area contributed by atoms with Crippen LogP contribution in [0.25, 0.3) is 44.8 Å². The number of nitrogens with zero attached hydrogens (tertiary/aromatic N) is 4. The van der Waals surface area contributed by atoms with Crippen LogP contribution in [-0.4, -0.2) is 72.7 Å². The monoisotopic (exact) mass is 865 g/mol. The summed E-state index contributed by atoms with van der Waals surface area (Å²) in [5, 5.41) is 3.84. The van der Waals surface area contributed by atoms with Crippen LogP contribution in [0, 0.1) is 13.8 Å². The summed E-state index contributed by atoms with van der Waals surface area (Å²) in [4.78, 5) is 28.6. The highest BCUT2D eigenvalue weighted by atomic mass is 35.5. The third kappa shape index (κ3) is 13.2. The van der Waals surface area contributed by atoms with Crippen LogP contribution < -0.4 is 5.32 Å². The fourth-order valence-electron chi connectivity index (χ4n) is 5.66. The Morgan fingerprint density at radius 2 is 0.931 bits per heavy atom. The van der Waals surface area contributed by atoms with Crippen LogP contribution in [0.5, 0.6) is 0 Å². The number of sulfone groups is 2. The van der Waals surface area contributed by atoms with Gasteiger partial charge in [0.15, 0.2) is 19.7 Å². The molecule has 7 rings (SSSR count). The smallest absolute Gasteiger partial charge is 0.219 e. The molecule has 58 heavy (non-hydrogen) atoms. The second kappa shape index (κ2) is 21.1. The molecule has 1 fully saturated rings. The van der Waals surface area contributed by atoms with E-state index in [1.165, 1.54) is 18.9 Å². The molecule has 1 aliphatic rings. The van der Waals surface area contributed by atoms with Crippen molar-refractivity contribution in [2.24, 2.45) is 0 Å². The number of nitrogens with one attached hydrogen (secondary N) is 1. The molecule has 1 amide bonds. The van der Waals surface area contributed by atoms with Crippen molar-refractivity contribution in [3.8, 4) is 44.8 Å². The summed E-state index contributed by atoms with van der Waals surface area (Å²) in [5.74, 6) is 0.225. The fraction of sp³-hybridized carbons (Fsp3) is 0.214. The highest BCUT2D eigenvalue weighted by Gasteiger charge is 2.14. The van der Waals surface area contributed by atoms with E-state index in [1.54, 1.807) is 73.3 Å². The Hall–Kier alpha value is -5.09. The van der Waals surface area contributed by atoms with E-state index in [2.05, 4.69) is 25.3 Å². The zero-order valence-corrected chi connectivity index (χ0v) is 35.5. The van der Waals surface area contributed by atoms with Crippen molar-refractivity contribution >= 4 is 48.8 Å². The van der Waals surface area contributed by atoms with Crippen LogP contribution in [0.3, 0.4) is 0 Å². The third-order valence-electron chi connectivity index (χ3n) is 8.67. The Balaban J connectivity index is 0.000000253. The van der Waals surface area contributed by atoms with E-state index in [9.17, 15) is 21.6 Å². The summed E-state index contributed by atoms with van der Waals surface area (Å²) in [6.07, 6.45) is 13.3. The molecule has 5 heterocycles. The van der Waals surface area contributed by atoms with Crippen LogP contribution in [-0.2, 0) is 24.5 Å². The van der Waals surface area contributed by atoms with Gasteiger partial charge in [-0.15, -0.1) is 0 Å². The highest BCUT2D eigenvalue weighted by Crippen LogP contribution is 2.34. The largest absolute Gasteiger partial charge is 0.412 e. The number of aromatic nitrogens is 4. The van der Waals surface area contributed by atoms with Gasteiger partial charge in [0.25, 0.3) is 0 Å². The zero-order chi connectivity index (χ0) is 40.5. The Bertz CT molecular complexity index is 2350. The number of rotatable bonds is 6. The molecule has 4 aromatic heterocycles. The fourth-order valence-corrected chi connectivity index (χ4v) is 7.24. The standard InChI is InChI=1S/2C18H15ClN2O2S.C6H11NO.2H2O/c2*1-12-3-4-14(10-20-12)18-17(9-15(19)11-21-18)13-5-7-16(8-6-13)24(2,22)23;8-6-4-2-1-3-5-7-6;;/h2*3-11H,1-2H3;1-5H2,(H,7,8);2*1H2. The van der Waals surface area contributed by atoms with Gasteiger partial charge in [-0.05, 0) is 98.5 Å². The Labute approximate surface area is 349 Å². The van der Waals surface area contributed by atoms with Gasteiger partial charge in [-0.25, -0.2) is 16.8 Å². The highest BCUT2D eigenvalue weighted by molar-refractivity contribution is 7.91. The van der Waals surface area contributed by atoms with Crippen molar-refractivity contribution in [1.82, 2.24) is 25.3 Å². The first-order chi connectivity index (χ1) is 26.6. The average Bonchev–Trinajstić information content (AvgIpc) is 3.43. The van der Waals surface area contributed by atoms with Crippen LogP contribution in [0.1, 0.15) is 37.1 Å². The number of aryl methyl sites for hydroxylation is 2. The summed E-state index contributed by atoms with van der Waals surface area (Å²) in [6, 6.07) is 24.8. The van der Waals surface area contributed by atoms with E-state index in [1.807, 2.05) is 50.2 Å². The average molecular weight is 867 g/mol. The molecule has 0 spiro atoms. The summed E-state index contributed by atoms with van der Waals surface area (Å²) < 4.78 is 46.5. The lowest BCUT2D eigenvalue weighted by Crippen LogP contribution is -2.21. The topological polar surface area (TPSA) is 212 Å². The third-order valence-corrected chi connectivity index (χ3v) is 11.3. The predicted octanol–water partition coefficient (Wildman–Crippen LogP) is 7.38. The van der Waals surface area contributed by atoms with Crippen molar-refractivity contribution in [2.45, 2.75) is 49.3 Å². The van der Waals surface area contributed by atoms with Crippen molar-refractivity contribution in [3.05, 3.63) is 131 Å². The number of hydrogen-bond donors (Lipinski definition) is 1. The number of pyridine rings is 4. The summed E-state index contributed by atoms with van der Waals surface area (Å²) in [6.45, 7) is 4.73. The van der Waals surface area contributed by atoms with E-state index in [4.69, 9.17) is 23.2 Å². The lowest BCUT2D eigenvalue weighted by Gasteiger charge is -2.10. The Kier molecular flexibility index (Phi) is 17.2. The molecular weight excluding hydrogens is 822 g/mol. The lowest BCUT2D eigenvalue weighted by molar-refractivity contribution is -0.120. The number of carbonyl (C=O) groups excluding carboxylic acids is 1. The maximum atomic E-state index is 11.6. The van der Waals surface area contributed by atoms with Crippen LogP contribution in [0.15, 0.2) is 120 Å². The predicted molar refractivity (Wildman–Crippen MR) is 230 cm³/mol. The molecule has 0 atom stereocenters. The maximum Gasteiger partial charge on any atom is 0.219 e. The molecule has 1 saturated heterocycles. The van der Waals surface area contributed by atoms with Gasteiger partial charge in [0.05, 0.1) is 31.2 Å². The molecule has 5 N–H and O–H groups in total. The molecule has 0 aliphatic carbocycles. The molecule has 1 aliphatic heterocycles. The van der Waals surface area contributed by atoms with E-state index in [0.29, 0.717) is 10.0 Å². The van der Waals surface area contributed by atoms with E-state index in [-0.39, 0.29) is 26.7 Å². The van der Waals surface area contributed by atoms with E-state index < -0.39 is 19.7 Å². The minimum atomic E-state index is -3.23. The number of benzene rings is 2. The molecule has 12 nitrogen and oxygen atoms in total. The van der Waals surface area contributed by atoms with Crippen molar-refractivity contribution < 1.29 is 32.6 Å². The number of carbonyl (C=O) groups is 1. The first-order valence-corrected chi connectivity index (χ1v) is 22.2. The number of amides is 1. The number of hydrogen-bond acceptors (Lipinski definition) is 9. The molecule has 0 saturated carbocycles. The summed E-state index contributed by atoms with van der Waals surface area (Å²) in [5.41, 5.74) is 8.43. The first-order valence-electron chi connectivity index (χ1n) is 17.6. The van der Waals surface area contributed by atoms with Crippen molar-refractivity contribution in [2.75, 3.05) is 19.1 Å². The summed E-state index contributed by atoms with van der Waals surface area (Å²) >= 11 is 12.2. The molecule has 6 aromatic rings. The van der Waals surface area contributed by atoms with Gasteiger partial charge in [-0.1, -0.05) is 53.9 Å². The SMILES string of the molecule is Cc1ccc(-c2ncc(Cl)cc2-c2ccc(S(C)(=O)=O)cc2)cn1.Cc1ccc(-c2ncc(Cl)cc2-c2ccc(S(C)(=O)=O)cc2)cn1.O.O.O=C1CCCCCN1. The second-order valence-corrected chi connectivity index (χ2v) is 18.1. The molecule has 16 heteroatoms. The molecule has 0 bridgehead atoms. The zero-order valence-electron chi connectivity index (χ0n) is 32.3. The molecule has 0 unspecified atom stereocenters. The van der Waals surface area contributed by atoms with Gasteiger partial charge in [-0.2, -0.15) is 0 Å². The molecule has 0 radical (unpaired) electrons.